The topological polar surface area (TPSA) is 0 Å². The molecule has 0 aromatic heterocycles. The third kappa shape index (κ3) is 2.94. The second-order valence-electron chi connectivity index (χ2n) is 5.63. The van der Waals surface area contributed by atoms with E-state index in [1.165, 1.54) is 16.7 Å². The molecule has 0 radical (unpaired) electrons. The highest BCUT2D eigenvalue weighted by Gasteiger charge is 2.14. The molecule has 22 heavy (non-hydrogen) atoms. The summed E-state index contributed by atoms with van der Waals surface area (Å²) >= 11 is 0. The molecule has 1 aliphatic rings. The van der Waals surface area contributed by atoms with E-state index >= 15 is 0 Å². The molecule has 0 heterocycles. The summed E-state index contributed by atoms with van der Waals surface area (Å²) in [7, 11) is 0. The van der Waals surface area contributed by atoms with Crippen molar-refractivity contribution in [1.82, 2.24) is 0 Å². The molecule has 0 atom stereocenters. The summed E-state index contributed by atoms with van der Waals surface area (Å²) in [4.78, 5) is 0. The minimum absolute atomic E-state index is 0.0151. The summed E-state index contributed by atoms with van der Waals surface area (Å²) in [6.45, 7) is 3.84. The number of rotatable bonds is 3. The van der Waals surface area contributed by atoms with Gasteiger partial charge in [0, 0.05) is 6.42 Å². The van der Waals surface area contributed by atoms with Gasteiger partial charge in [-0.1, -0.05) is 66.8 Å². The minimum Gasteiger partial charge on any atom is -0.211 e. The van der Waals surface area contributed by atoms with Gasteiger partial charge in [-0.3, -0.25) is 0 Å². The monoisotopic (exact) mass is 290 g/mol. The van der Waals surface area contributed by atoms with E-state index in [1.54, 1.807) is 0 Å². The molecule has 0 bridgehead atoms. The van der Waals surface area contributed by atoms with Gasteiger partial charge in [-0.05, 0) is 47.2 Å². The van der Waals surface area contributed by atoms with E-state index in [2.05, 4.69) is 54.6 Å². The van der Waals surface area contributed by atoms with Gasteiger partial charge in [0.05, 0.1) is 0 Å². The third-order valence-electron chi connectivity index (χ3n) is 4.02. The van der Waals surface area contributed by atoms with Gasteiger partial charge in [0.15, 0.2) is 0 Å². The zero-order valence-corrected chi connectivity index (χ0v) is 12.9. The molecular formula is C21H19F. The highest BCUT2D eigenvalue weighted by atomic mass is 19.1. The van der Waals surface area contributed by atoms with Gasteiger partial charge in [0.1, 0.15) is 5.83 Å². The van der Waals surface area contributed by atoms with Crippen LogP contribution in [0.1, 0.15) is 31.4 Å². The van der Waals surface area contributed by atoms with Gasteiger partial charge in [0.25, 0.3) is 0 Å². The lowest BCUT2D eigenvalue weighted by Crippen LogP contribution is -1.84. The number of benzene rings is 2. The largest absolute Gasteiger partial charge is 0.211 e. The highest BCUT2D eigenvalue weighted by molar-refractivity contribution is 5.75. The van der Waals surface area contributed by atoms with Crippen molar-refractivity contribution < 1.29 is 4.39 Å². The first-order valence-electron chi connectivity index (χ1n) is 7.57. The lowest BCUT2D eigenvalue weighted by atomic mass is 9.99. The molecule has 0 amide bonds. The molecule has 0 fully saturated rings. The predicted octanol–water partition coefficient (Wildman–Crippen LogP) is 6.42. The van der Waals surface area contributed by atoms with Gasteiger partial charge >= 0.3 is 0 Å². The SMILES string of the molecule is C/C=C/c1ccc(-c2ccc(C3=CC(C)=C(F)C3)cc2)cc1. The fourth-order valence-electron chi connectivity index (χ4n) is 2.74. The van der Waals surface area contributed by atoms with Crippen molar-refractivity contribution in [3.63, 3.8) is 0 Å². The van der Waals surface area contributed by atoms with Crippen LogP contribution in [-0.2, 0) is 0 Å². The van der Waals surface area contributed by atoms with E-state index in [1.807, 2.05) is 26.0 Å². The average molecular weight is 290 g/mol. The Kier molecular flexibility index (Phi) is 4.06. The zero-order chi connectivity index (χ0) is 15.5. The molecule has 0 saturated heterocycles. The quantitative estimate of drug-likeness (QED) is 0.612. The lowest BCUT2D eigenvalue weighted by molar-refractivity contribution is 0.618. The Morgan fingerprint density at radius 1 is 0.864 bits per heavy atom. The number of hydrogen-bond donors (Lipinski definition) is 0. The van der Waals surface area contributed by atoms with Crippen molar-refractivity contribution in [2.75, 3.05) is 0 Å². The van der Waals surface area contributed by atoms with Crippen LogP contribution in [0.3, 0.4) is 0 Å². The molecule has 2 aromatic rings. The van der Waals surface area contributed by atoms with Gasteiger partial charge in [0.2, 0.25) is 0 Å². The molecule has 2 aromatic carbocycles. The van der Waals surface area contributed by atoms with Gasteiger partial charge in [-0.15, -0.1) is 0 Å². The number of allylic oxidation sites excluding steroid dienone is 5. The Labute approximate surface area is 131 Å². The molecule has 1 aliphatic carbocycles. The molecule has 0 saturated carbocycles. The van der Waals surface area contributed by atoms with Crippen molar-refractivity contribution in [3.8, 4) is 11.1 Å². The smallest absolute Gasteiger partial charge is 0.107 e. The fraction of sp³-hybridized carbons (Fsp3) is 0.143. The van der Waals surface area contributed by atoms with Gasteiger partial charge in [-0.25, -0.2) is 4.39 Å². The van der Waals surface area contributed by atoms with Gasteiger partial charge < -0.3 is 0 Å². The molecule has 110 valence electrons. The van der Waals surface area contributed by atoms with E-state index in [-0.39, 0.29) is 5.83 Å². The maximum absolute atomic E-state index is 13.5. The van der Waals surface area contributed by atoms with E-state index in [9.17, 15) is 4.39 Å². The van der Waals surface area contributed by atoms with Crippen molar-refractivity contribution in [2.45, 2.75) is 20.3 Å². The average Bonchev–Trinajstić information content (AvgIpc) is 2.88. The van der Waals surface area contributed by atoms with Crippen LogP contribution < -0.4 is 0 Å². The molecular weight excluding hydrogens is 271 g/mol. The molecule has 0 N–H and O–H groups in total. The Morgan fingerprint density at radius 2 is 1.41 bits per heavy atom. The van der Waals surface area contributed by atoms with Crippen LogP contribution in [0.15, 0.2) is 72.1 Å². The maximum Gasteiger partial charge on any atom is 0.107 e. The van der Waals surface area contributed by atoms with Gasteiger partial charge in [-0.2, -0.15) is 0 Å². The van der Waals surface area contributed by atoms with E-state index in [0.29, 0.717) is 6.42 Å². The van der Waals surface area contributed by atoms with Crippen molar-refractivity contribution in [3.05, 3.63) is 83.2 Å². The Bertz CT molecular complexity index is 757. The van der Waals surface area contributed by atoms with Crippen LogP contribution in [0.4, 0.5) is 4.39 Å². The maximum atomic E-state index is 13.5. The molecule has 0 unspecified atom stereocenters. The van der Waals surface area contributed by atoms with Crippen LogP contribution in [-0.4, -0.2) is 0 Å². The highest BCUT2D eigenvalue weighted by Crippen LogP contribution is 2.33. The first-order valence-corrected chi connectivity index (χ1v) is 7.57. The summed E-state index contributed by atoms with van der Waals surface area (Å²) < 4.78 is 13.5. The van der Waals surface area contributed by atoms with Crippen molar-refractivity contribution in [2.24, 2.45) is 0 Å². The molecule has 0 spiro atoms. The van der Waals surface area contributed by atoms with E-state index < -0.39 is 0 Å². The summed E-state index contributed by atoms with van der Waals surface area (Å²) in [6, 6.07) is 16.9. The summed E-state index contributed by atoms with van der Waals surface area (Å²) in [5, 5.41) is 0. The first kappa shape index (κ1) is 14.5. The Morgan fingerprint density at radius 3 is 1.91 bits per heavy atom. The second kappa shape index (κ2) is 6.15. The summed E-state index contributed by atoms with van der Waals surface area (Å²) in [6.07, 6.45) is 6.48. The first-order chi connectivity index (χ1) is 10.7. The van der Waals surface area contributed by atoms with Crippen molar-refractivity contribution in [1.29, 1.82) is 0 Å². The van der Waals surface area contributed by atoms with Crippen molar-refractivity contribution >= 4 is 11.6 Å². The molecule has 0 nitrogen and oxygen atoms in total. The van der Waals surface area contributed by atoms with Crippen LogP contribution in [0.5, 0.6) is 0 Å². The number of halogens is 1. The molecule has 0 aliphatic heterocycles. The zero-order valence-electron chi connectivity index (χ0n) is 12.9. The minimum atomic E-state index is -0.0151. The summed E-state index contributed by atoms with van der Waals surface area (Å²) in [5.74, 6) is -0.0151. The predicted molar refractivity (Wildman–Crippen MR) is 93.0 cm³/mol. The second-order valence-corrected chi connectivity index (χ2v) is 5.63. The third-order valence-corrected chi connectivity index (χ3v) is 4.02. The van der Waals surface area contributed by atoms with E-state index in [4.69, 9.17) is 0 Å². The molecule has 3 rings (SSSR count). The molecule has 1 heteroatoms. The Hall–Kier alpha value is -2.41. The number of hydrogen-bond acceptors (Lipinski definition) is 0. The lowest BCUT2D eigenvalue weighted by Gasteiger charge is -2.06. The standard InChI is InChI=1S/C21H19F/c1-3-4-16-5-7-17(8-6-16)18-9-11-19(12-10-18)20-13-15(2)21(22)14-20/h3-13H,14H2,1-2H3/b4-3+. The van der Waals surface area contributed by atoms with Crippen LogP contribution in [0, 0.1) is 0 Å². The Balaban J connectivity index is 1.81. The normalized spacial score (nSPS) is 14.8. The van der Waals surface area contributed by atoms with Crippen LogP contribution >= 0.6 is 0 Å². The fourth-order valence-corrected chi connectivity index (χ4v) is 2.74. The van der Waals surface area contributed by atoms with E-state index in [0.717, 1.165) is 16.7 Å². The van der Waals surface area contributed by atoms with Crippen LogP contribution in [0.2, 0.25) is 0 Å². The summed E-state index contributed by atoms with van der Waals surface area (Å²) in [5.41, 5.74) is 6.49. The van der Waals surface area contributed by atoms with Crippen LogP contribution in [0.25, 0.3) is 22.8 Å².